The third kappa shape index (κ3) is 4.95. The Hall–Kier alpha value is -1.10. The molecule has 1 aliphatic heterocycles. The first-order valence-corrected chi connectivity index (χ1v) is 9.73. The molecule has 0 bridgehead atoms. The van der Waals surface area contributed by atoms with Gasteiger partial charge in [-0.1, -0.05) is 27.7 Å². The molecule has 0 unspecified atom stereocenters. The van der Waals surface area contributed by atoms with Crippen LogP contribution in [0.3, 0.4) is 0 Å². The van der Waals surface area contributed by atoms with Gasteiger partial charge in [-0.15, -0.1) is 0 Å². The average molecular weight is 338 g/mol. The molecule has 5 heteroatoms. The van der Waals surface area contributed by atoms with Crippen LogP contribution >= 0.6 is 0 Å². The van der Waals surface area contributed by atoms with Crippen LogP contribution in [-0.2, 0) is 9.59 Å². The Labute approximate surface area is 147 Å². The molecule has 0 radical (unpaired) electrons. The number of hydrogen-bond acceptors (Lipinski definition) is 3. The summed E-state index contributed by atoms with van der Waals surface area (Å²) in [6, 6.07) is -0.384. The number of hydrogen-bond donors (Lipinski definition) is 1. The van der Waals surface area contributed by atoms with Crippen LogP contribution in [0, 0.1) is 17.8 Å². The van der Waals surface area contributed by atoms with Crippen molar-refractivity contribution in [3.05, 3.63) is 0 Å². The van der Waals surface area contributed by atoms with Gasteiger partial charge in [0.25, 0.3) is 0 Å². The number of piperazine rings is 1. The molecule has 0 spiro atoms. The number of rotatable bonds is 5. The summed E-state index contributed by atoms with van der Waals surface area (Å²) in [4.78, 5) is 29.8. The molecule has 0 aromatic rings. The molecular weight excluding hydrogens is 302 g/mol. The van der Waals surface area contributed by atoms with Crippen molar-refractivity contribution in [2.45, 2.75) is 59.4 Å². The van der Waals surface area contributed by atoms with Gasteiger partial charge >= 0.3 is 0 Å². The summed E-state index contributed by atoms with van der Waals surface area (Å²) in [5, 5.41) is 3.08. The van der Waals surface area contributed by atoms with Gasteiger partial charge in [0.2, 0.25) is 11.8 Å². The number of amides is 2. The molecule has 1 saturated carbocycles. The van der Waals surface area contributed by atoms with E-state index in [1.165, 1.54) is 0 Å². The Morgan fingerprint density at radius 1 is 1.04 bits per heavy atom. The third-order valence-corrected chi connectivity index (χ3v) is 5.75. The van der Waals surface area contributed by atoms with Crippen LogP contribution in [0.15, 0.2) is 0 Å². The molecule has 0 aromatic heterocycles. The van der Waals surface area contributed by atoms with Crippen LogP contribution < -0.4 is 5.32 Å². The van der Waals surface area contributed by atoms with E-state index in [4.69, 9.17) is 0 Å². The quantitative estimate of drug-likeness (QED) is 0.836. The van der Waals surface area contributed by atoms with Gasteiger partial charge in [0, 0.05) is 32.1 Å². The standard InChI is InChI=1S/C19H35N3O2/c1-5-21-10-12-22(13-11-21)19(24)17(14(2)3)20-18(23)16-8-6-15(4)7-9-16/h14-17H,5-13H2,1-4H3,(H,20,23)/t15?,16?,17-/m1/s1. The third-order valence-electron chi connectivity index (χ3n) is 5.75. The summed E-state index contributed by atoms with van der Waals surface area (Å²) in [5.41, 5.74) is 0. The summed E-state index contributed by atoms with van der Waals surface area (Å²) < 4.78 is 0. The van der Waals surface area contributed by atoms with Crippen molar-refractivity contribution in [1.82, 2.24) is 15.1 Å². The largest absolute Gasteiger partial charge is 0.344 e. The van der Waals surface area contributed by atoms with Crippen LogP contribution in [0.1, 0.15) is 53.4 Å². The van der Waals surface area contributed by atoms with E-state index in [0.29, 0.717) is 0 Å². The molecule has 24 heavy (non-hydrogen) atoms. The summed E-state index contributed by atoms with van der Waals surface area (Å²) in [5.74, 6) is 1.12. The van der Waals surface area contributed by atoms with Gasteiger partial charge < -0.3 is 15.1 Å². The van der Waals surface area contributed by atoms with E-state index >= 15 is 0 Å². The monoisotopic (exact) mass is 337 g/mol. The van der Waals surface area contributed by atoms with Crippen molar-refractivity contribution >= 4 is 11.8 Å². The number of nitrogens with zero attached hydrogens (tertiary/aromatic N) is 2. The molecular formula is C19H35N3O2. The van der Waals surface area contributed by atoms with Gasteiger partial charge in [-0.05, 0) is 44.1 Å². The predicted molar refractivity (Wildman–Crippen MR) is 96.6 cm³/mol. The number of nitrogens with one attached hydrogen (secondary N) is 1. The molecule has 2 fully saturated rings. The van der Waals surface area contributed by atoms with Crippen molar-refractivity contribution < 1.29 is 9.59 Å². The van der Waals surface area contributed by atoms with E-state index in [9.17, 15) is 9.59 Å². The van der Waals surface area contributed by atoms with E-state index < -0.39 is 0 Å². The molecule has 1 atom stereocenters. The van der Waals surface area contributed by atoms with Crippen molar-refractivity contribution in [3.63, 3.8) is 0 Å². The van der Waals surface area contributed by atoms with E-state index in [1.807, 2.05) is 18.7 Å². The second kappa shape index (κ2) is 8.84. The van der Waals surface area contributed by atoms with E-state index in [0.717, 1.165) is 64.3 Å². The van der Waals surface area contributed by atoms with Crippen molar-refractivity contribution in [2.75, 3.05) is 32.7 Å². The minimum Gasteiger partial charge on any atom is -0.344 e. The fourth-order valence-electron chi connectivity index (χ4n) is 3.79. The maximum Gasteiger partial charge on any atom is 0.245 e. The summed E-state index contributed by atoms with van der Waals surface area (Å²) in [7, 11) is 0. The van der Waals surface area contributed by atoms with Gasteiger partial charge in [0.05, 0.1) is 0 Å². The lowest BCUT2D eigenvalue weighted by atomic mass is 9.82. The zero-order valence-electron chi connectivity index (χ0n) is 15.9. The zero-order valence-corrected chi connectivity index (χ0v) is 15.9. The van der Waals surface area contributed by atoms with Gasteiger partial charge in [-0.2, -0.15) is 0 Å². The van der Waals surface area contributed by atoms with E-state index in [-0.39, 0.29) is 29.7 Å². The Morgan fingerprint density at radius 3 is 2.12 bits per heavy atom. The maximum atomic E-state index is 12.9. The number of carbonyl (C=O) groups excluding carboxylic acids is 2. The molecule has 138 valence electrons. The highest BCUT2D eigenvalue weighted by molar-refractivity contribution is 5.88. The molecule has 5 nitrogen and oxygen atoms in total. The van der Waals surface area contributed by atoms with E-state index in [2.05, 4.69) is 24.1 Å². The van der Waals surface area contributed by atoms with Crippen molar-refractivity contribution in [1.29, 1.82) is 0 Å². The van der Waals surface area contributed by atoms with Crippen LogP contribution in [-0.4, -0.2) is 60.4 Å². The first-order chi connectivity index (χ1) is 11.4. The summed E-state index contributed by atoms with van der Waals surface area (Å²) in [6.45, 7) is 12.9. The van der Waals surface area contributed by atoms with Gasteiger partial charge in [0.1, 0.15) is 6.04 Å². The normalized spacial score (nSPS) is 27.1. The lowest BCUT2D eigenvalue weighted by Gasteiger charge is -2.37. The number of carbonyl (C=O) groups is 2. The molecule has 2 rings (SSSR count). The van der Waals surface area contributed by atoms with Crippen LogP contribution in [0.5, 0.6) is 0 Å². The van der Waals surface area contributed by atoms with Crippen LogP contribution in [0.4, 0.5) is 0 Å². The Kier molecular flexibility index (Phi) is 7.08. The minimum absolute atomic E-state index is 0.0844. The Bertz CT molecular complexity index is 422. The fraction of sp³-hybridized carbons (Fsp3) is 0.895. The van der Waals surface area contributed by atoms with Crippen molar-refractivity contribution in [2.24, 2.45) is 17.8 Å². The van der Waals surface area contributed by atoms with Crippen LogP contribution in [0.25, 0.3) is 0 Å². The molecule has 1 N–H and O–H groups in total. The zero-order chi connectivity index (χ0) is 17.7. The summed E-state index contributed by atoms with van der Waals surface area (Å²) >= 11 is 0. The molecule has 0 aromatic carbocycles. The van der Waals surface area contributed by atoms with Gasteiger partial charge in [-0.3, -0.25) is 9.59 Å². The lowest BCUT2D eigenvalue weighted by Crippen LogP contribution is -2.57. The SMILES string of the molecule is CCN1CCN(C(=O)[C@H](NC(=O)C2CCC(C)CC2)C(C)C)CC1. The van der Waals surface area contributed by atoms with Crippen molar-refractivity contribution in [3.8, 4) is 0 Å². The van der Waals surface area contributed by atoms with Crippen LogP contribution in [0.2, 0.25) is 0 Å². The highest BCUT2D eigenvalue weighted by atomic mass is 16.2. The Morgan fingerprint density at radius 2 is 1.62 bits per heavy atom. The van der Waals surface area contributed by atoms with E-state index in [1.54, 1.807) is 0 Å². The van der Waals surface area contributed by atoms with Gasteiger partial charge in [0.15, 0.2) is 0 Å². The first kappa shape index (κ1) is 19.2. The first-order valence-electron chi connectivity index (χ1n) is 9.73. The number of likely N-dealkylation sites (N-methyl/N-ethyl adjacent to an activating group) is 1. The summed E-state index contributed by atoms with van der Waals surface area (Å²) in [6.07, 6.45) is 4.16. The topological polar surface area (TPSA) is 52.6 Å². The highest BCUT2D eigenvalue weighted by Crippen LogP contribution is 2.28. The maximum absolute atomic E-state index is 12.9. The highest BCUT2D eigenvalue weighted by Gasteiger charge is 2.33. The predicted octanol–water partition coefficient (Wildman–Crippen LogP) is 2.12. The fourth-order valence-corrected chi connectivity index (χ4v) is 3.79. The molecule has 2 aliphatic rings. The molecule has 2 amide bonds. The minimum atomic E-state index is -0.384. The average Bonchev–Trinajstić information content (AvgIpc) is 2.59. The lowest BCUT2D eigenvalue weighted by molar-refractivity contribution is -0.140. The molecule has 1 aliphatic carbocycles. The molecule has 1 saturated heterocycles. The second-order valence-electron chi connectivity index (χ2n) is 7.95. The van der Waals surface area contributed by atoms with Gasteiger partial charge in [-0.25, -0.2) is 0 Å². The second-order valence-corrected chi connectivity index (χ2v) is 7.95. The Balaban J connectivity index is 1.91. The molecule has 1 heterocycles. The smallest absolute Gasteiger partial charge is 0.245 e.